The molecular formula is C21H19Br5O4. The topological polar surface area (TPSA) is 43.5 Å². The summed E-state index contributed by atoms with van der Waals surface area (Å²) < 4.78 is 25.9. The number of benzene rings is 2. The molecule has 4 rings (SSSR count). The fraction of sp³-hybridized carbons (Fsp3) is 0.429. The molecule has 0 radical (unpaired) electrons. The van der Waals surface area contributed by atoms with Crippen LogP contribution in [-0.2, 0) is 14.9 Å². The molecule has 3 unspecified atom stereocenters. The number of epoxide rings is 2. The predicted octanol–water partition coefficient (Wildman–Crippen LogP) is 6.99. The molecule has 0 spiro atoms. The molecule has 2 heterocycles. The molecule has 2 saturated heterocycles. The van der Waals surface area contributed by atoms with Gasteiger partial charge in [0.15, 0.2) is 0 Å². The second kappa shape index (κ2) is 9.69. The van der Waals surface area contributed by atoms with Crippen LogP contribution in [0.25, 0.3) is 0 Å². The monoisotopic (exact) mass is 730 g/mol. The van der Waals surface area contributed by atoms with E-state index in [1.54, 1.807) is 0 Å². The van der Waals surface area contributed by atoms with Crippen LogP contribution >= 0.6 is 79.6 Å². The van der Waals surface area contributed by atoms with E-state index in [-0.39, 0.29) is 17.6 Å². The number of ether oxygens (including phenoxy) is 4. The Labute approximate surface area is 218 Å². The maximum absolute atomic E-state index is 6.01. The Bertz CT molecular complexity index is 899. The molecule has 2 aromatic rings. The highest BCUT2D eigenvalue weighted by Crippen LogP contribution is 2.52. The number of hydrogen-bond donors (Lipinski definition) is 0. The van der Waals surface area contributed by atoms with Crippen LogP contribution in [0.15, 0.2) is 42.2 Å². The van der Waals surface area contributed by atoms with Crippen LogP contribution in [0.4, 0.5) is 0 Å². The minimum absolute atomic E-state index is 0.182. The van der Waals surface area contributed by atoms with Gasteiger partial charge in [-0.2, -0.15) is 0 Å². The molecule has 30 heavy (non-hydrogen) atoms. The number of halogens is 5. The van der Waals surface area contributed by atoms with Crippen molar-refractivity contribution in [3.05, 3.63) is 53.3 Å². The minimum Gasteiger partial charge on any atom is -0.491 e. The number of hydrogen-bond acceptors (Lipinski definition) is 4. The standard InChI is InChI=1S/C21H19Br5O4/c1-21(10-22,11-2-4-12(5-3-11)27-6-13-7-28-13)15-16(23)18(25)20(19(26)17(15)24)30-9-14-8-29-14/h2-5,13-14H,6-10H2,1H3. The summed E-state index contributed by atoms with van der Waals surface area (Å²) in [6.07, 6.45) is 0.423. The van der Waals surface area contributed by atoms with Gasteiger partial charge in [0.1, 0.15) is 36.9 Å². The van der Waals surface area contributed by atoms with Crippen molar-refractivity contribution in [3.63, 3.8) is 0 Å². The van der Waals surface area contributed by atoms with Crippen molar-refractivity contribution in [2.45, 2.75) is 24.5 Å². The Kier molecular flexibility index (Phi) is 7.60. The van der Waals surface area contributed by atoms with E-state index in [0.717, 1.165) is 59.1 Å². The molecule has 0 saturated carbocycles. The molecule has 3 atom stereocenters. The lowest BCUT2D eigenvalue weighted by molar-refractivity contribution is 0.260. The maximum Gasteiger partial charge on any atom is 0.150 e. The Morgan fingerprint density at radius 2 is 1.37 bits per heavy atom. The molecule has 2 aromatic carbocycles. The third kappa shape index (κ3) is 4.97. The van der Waals surface area contributed by atoms with E-state index in [1.165, 1.54) is 0 Å². The molecule has 0 amide bonds. The molecule has 0 N–H and O–H groups in total. The number of alkyl halides is 1. The third-order valence-corrected chi connectivity index (χ3v) is 10.5. The Morgan fingerprint density at radius 1 is 0.867 bits per heavy atom. The highest BCUT2D eigenvalue weighted by atomic mass is 79.9. The van der Waals surface area contributed by atoms with Gasteiger partial charge < -0.3 is 18.9 Å². The summed E-state index contributed by atoms with van der Waals surface area (Å²) in [5, 5.41) is 0.725. The molecule has 2 aliphatic heterocycles. The average Bonchev–Trinajstić information content (AvgIpc) is 3.66. The normalized spacial score (nSPS) is 21.8. The first-order chi connectivity index (χ1) is 14.3. The van der Waals surface area contributed by atoms with E-state index in [2.05, 4.69) is 98.7 Å². The highest BCUT2D eigenvalue weighted by molar-refractivity contribution is 9.14. The van der Waals surface area contributed by atoms with Gasteiger partial charge in [-0.25, -0.2) is 0 Å². The molecular weight excluding hydrogens is 716 g/mol. The Balaban J connectivity index is 1.66. The van der Waals surface area contributed by atoms with Crippen LogP contribution in [0.5, 0.6) is 11.5 Å². The zero-order valence-electron chi connectivity index (χ0n) is 16.0. The summed E-state index contributed by atoms with van der Waals surface area (Å²) in [6, 6.07) is 8.25. The maximum atomic E-state index is 6.01. The van der Waals surface area contributed by atoms with Crippen LogP contribution in [0, 0.1) is 0 Å². The van der Waals surface area contributed by atoms with Crippen LogP contribution in [0.2, 0.25) is 0 Å². The fourth-order valence-electron chi connectivity index (χ4n) is 3.12. The summed E-state index contributed by atoms with van der Waals surface area (Å²) in [5.41, 5.74) is 1.95. The lowest BCUT2D eigenvalue weighted by atomic mass is 9.78. The zero-order valence-corrected chi connectivity index (χ0v) is 24.0. The minimum atomic E-state index is -0.320. The van der Waals surface area contributed by atoms with Gasteiger partial charge in [0, 0.05) is 19.7 Å². The Morgan fingerprint density at radius 3 is 1.83 bits per heavy atom. The zero-order chi connectivity index (χ0) is 21.5. The second-order valence-electron chi connectivity index (χ2n) is 7.48. The second-order valence-corrected chi connectivity index (χ2v) is 11.2. The SMILES string of the molecule is CC(CBr)(c1ccc(OCC2CO2)cc1)c1c(Br)c(Br)c(OCC2CO2)c(Br)c1Br. The summed E-state index contributed by atoms with van der Waals surface area (Å²) in [5.74, 6) is 1.59. The summed E-state index contributed by atoms with van der Waals surface area (Å²) in [7, 11) is 0. The van der Waals surface area contributed by atoms with E-state index < -0.39 is 0 Å². The first-order valence-corrected chi connectivity index (χ1v) is 13.7. The average molecular weight is 735 g/mol. The van der Waals surface area contributed by atoms with Crippen LogP contribution in [0.1, 0.15) is 18.1 Å². The fourth-order valence-corrected chi connectivity index (χ4v) is 6.91. The van der Waals surface area contributed by atoms with Gasteiger partial charge in [0.05, 0.1) is 22.2 Å². The predicted molar refractivity (Wildman–Crippen MR) is 134 cm³/mol. The van der Waals surface area contributed by atoms with Crippen molar-refractivity contribution < 1.29 is 18.9 Å². The third-order valence-electron chi connectivity index (χ3n) is 5.19. The van der Waals surface area contributed by atoms with E-state index in [4.69, 9.17) is 18.9 Å². The van der Waals surface area contributed by atoms with E-state index in [0.29, 0.717) is 13.2 Å². The van der Waals surface area contributed by atoms with E-state index in [1.807, 2.05) is 12.1 Å². The van der Waals surface area contributed by atoms with Crippen LogP contribution in [-0.4, -0.2) is 44.0 Å². The highest BCUT2D eigenvalue weighted by Gasteiger charge is 2.36. The van der Waals surface area contributed by atoms with Crippen molar-refractivity contribution in [1.29, 1.82) is 0 Å². The van der Waals surface area contributed by atoms with Crippen LogP contribution < -0.4 is 9.47 Å². The molecule has 2 fully saturated rings. The smallest absolute Gasteiger partial charge is 0.150 e. The van der Waals surface area contributed by atoms with E-state index >= 15 is 0 Å². The molecule has 0 aliphatic carbocycles. The van der Waals surface area contributed by atoms with Crippen molar-refractivity contribution >= 4 is 79.6 Å². The van der Waals surface area contributed by atoms with Gasteiger partial charge in [-0.05, 0) is 87.0 Å². The lowest BCUT2D eigenvalue weighted by Gasteiger charge is -2.32. The van der Waals surface area contributed by atoms with Gasteiger partial charge in [-0.15, -0.1) is 0 Å². The van der Waals surface area contributed by atoms with Gasteiger partial charge in [0.2, 0.25) is 0 Å². The van der Waals surface area contributed by atoms with Gasteiger partial charge in [-0.1, -0.05) is 35.0 Å². The van der Waals surface area contributed by atoms with Gasteiger partial charge in [-0.3, -0.25) is 0 Å². The van der Waals surface area contributed by atoms with E-state index in [9.17, 15) is 0 Å². The van der Waals surface area contributed by atoms with Gasteiger partial charge in [0.25, 0.3) is 0 Å². The van der Waals surface area contributed by atoms with Gasteiger partial charge >= 0.3 is 0 Å². The first kappa shape index (κ1) is 23.5. The van der Waals surface area contributed by atoms with Crippen molar-refractivity contribution in [1.82, 2.24) is 0 Å². The van der Waals surface area contributed by atoms with Crippen molar-refractivity contribution in [2.24, 2.45) is 0 Å². The lowest BCUT2D eigenvalue weighted by Crippen LogP contribution is -2.27. The molecule has 162 valence electrons. The summed E-state index contributed by atoms with van der Waals surface area (Å²) in [4.78, 5) is 0. The molecule has 4 nitrogen and oxygen atoms in total. The first-order valence-electron chi connectivity index (χ1n) is 9.37. The quantitative estimate of drug-likeness (QED) is 0.158. The molecule has 0 aromatic heterocycles. The molecule has 2 aliphatic rings. The summed E-state index contributed by atoms with van der Waals surface area (Å²) >= 11 is 18.8. The largest absolute Gasteiger partial charge is 0.491 e. The molecule has 9 heteroatoms. The summed E-state index contributed by atoms with van der Waals surface area (Å²) in [6.45, 7) is 4.87. The Hall–Kier alpha value is 0.360. The van der Waals surface area contributed by atoms with Crippen LogP contribution in [0.3, 0.4) is 0 Å². The van der Waals surface area contributed by atoms with Crippen molar-refractivity contribution in [2.75, 3.05) is 31.8 Å². The van der Waals surface area contributed by atoms with Crippen molar-refractivity contribution in [3.8, 4) is 11.5 Å². The number of rotatable bonds is 9. The molecule has 0 bridgehead atoms.